The molecule has 3 aliphatic rings. The van der Waals surface area contributed by atoms with E-state index in [-0.39, 0.29) is 18.4 Å². The highest BCUT2D eigenvalue weighted by molar-refractivity contribution is 5.87. The summed E-state index contributed by atoms with van der Waals surface area (Å²) in [5.41, 5.74) is 2.54. The number of halogens is 1. The summed E-state index contributed by atoms with van der Waals surface area (Å²) in [6.07, 6.45) is 3.60. The van der Waals surface area contributed by atoms with Gasteiger partial charge in [-0.05, 0) is 57.2 Å². The SMILES string of the molecule is C=CC(=O)N1CCc2nn(-c3ccc(C4CC4)c(F)c3O)c3c2C(C1)N(C(=O)OC(C)(C)C)CC3. The predicted molar refractivity (Wildman–Crippen MR) is 127 cm³/mol. The van der Waals surface area contributed by atoms with Crippen LogP contribution in [-0.4, -0.2) is 61.9 Å². The maximum Gasteiger partial charge on any atom is 0.410 e. The highest BCUT2D eigenvalue weighted by atomic mass is 19.1. The number of nitrogens with zero attached hydrogens (tertiary/aromatic N) is 4. The van der Waals surface area contributed by atoms with Gasteiger partial charge in [-0.1, -0.05) is 12.6 Å². The van der Waals surface area contributed by atoms with Crippen LogP contribution in [0.15, 0.2) is 24.8 Å². The van der Waals surface area contributed by atoms with E-state index in [1.165, 1.54) is 6.08 Å². The Morgan fingerprint density at radius 3 is 2.63 bits per heavy atom. The van der Waals surface area contributed by atoms with Gasteiger partial charge in [0.05, 0.1) is 17.4 Å². The molecule has 2 aliphatic heterocycles. The van der Waals surface area contributed by atoms with Crippen LogP contribution >= 0.6 is 0 Å². The Hall–Kier alpha value is -3.36. The minimum absolute atomic E-state index is 0.169. The van der Waals surface area contributed by atoms with Gasteiger partial charge < -0.3 is 14.7 Å². The molecule has 35 heavy (non-hydrogen) atoms. The van der Waals surface area contributed by atoms with Crippen LogP contribution in [0.4, 0.5) is 9.18 Å². The molecule has 5 rings (SSSR count). The first-order chi connectivity index (χ1) is 16.6. The Morgan fingerprint density at radius 1 is 1.23 bits per heavy atom. The fourth-order valence-corrected chi connectivity index (χ4v) is 5.11. The van der Waals surface area contributed by atoms with Gasteiger partial charge in [0.2, 0.25) is 5.91 Å². The van der Waals surface area contributed by atoms with Crippen LogP contribution in [0.5, 0.6) is 5.75 Å². The number of phenolic OH excluding ortho intramolecular Hbond substituents is 1. The molecular formula is C26H31FN4O4. The number of carbonyl (C=O) groups excluding carboxylic acids is 2. The van der Waals surface area contributed by atoms with Crippen molar-refractivity contribution in [2.75, 3.05) is 19.6 Å². The minimum Gasteiger partial charge on any atom is -0.503 e. The molecule has 1 unspecified atom stereocenters. The number of phenols is 1. The minimum atomic E-state index is -0.668. The van der Waals surface area contributed by atoms with E-state index in [2.05, 4.69) is 6.58 Å². The van der Waals surface area contributed by atoms with Gasteiger partial charge in [0, 0.05) is 38.0 Å². The second-order valence-corrected chi connectivity index (χ2v) is 10.5. The van der Waals surface area contributed by atoms with Gasteiger partial charge in [0.25, 0.3) is 0 Å². The zero-order chi connectivity index (χ0) is 25.1. The van der Waals surface area contributed by atoms with E-state index < -0.39 is 29.3 Å². The smallest absolute Gasteiger partial charge is 0.410 e. The fraction of sp³-hybridized carbons (Fsp3) is 0.500. The quantitative estimate of drug-likeness (QED) is 0.669. The van der Waals surface area contributed by atoms with Gasteiger partial charge >= 0.3 is 6.09 Å². The van der Waals surface area contributed by atoms with E-state index in [0.717, 1.165) is 29.8 Å². The van der Waals surface area contributed by atoms with Gasteiger partial charge in [-0.3, -0.25) is 9.69 Å². The Kier molecular flexibility index (Phi) is 5.61. The largest absolute Gasteiger partial charge is 0.503 e. The zero-order valence-electron chi connectivity index (χ0n) is 20.4. The highest BCUT2D eigenvalue weighted by Gasteiger charge is 2.41. The third kappa shape index (κ3) is 4.17. The molecule has 1 aliphatic carbocycles. The van der Waals surface area contributed by atoms with Crippen molar-refractivity contribution in [1.29, 1.82) is 0 Å². The molecular weight excluding hydrogens is 451 g/mol. The molecule has 186 valence electrons. The lowest BCUT2D eigenvalue weighted by Crippen LogP contribution is -2.47. The zero-order valence-corrected chi connectivity index (χ0v) is 20.4. The van der Waals surface area contributed by atoms with Gasteiger partial charge in [-0.15, -0.1) is 0 Å². The van der Waals surface area contributed by atoms with Gasteiger partial charge in [-0.2, -0.15) is 5.10 Å². The second kappa shape index (κ2) is 8.39. The first-order valence-electron chi connectivity index (χ1n) is 12.1. The molecule has 0 spiro atoms. The molecule has 1 fully saturated rings. The third-order valence-electron chi connectivity index (χ3n) is 6.89. The van der Waals surface area contributed by atoms with Gasteiger partial charge in [-0.25, -0.2) is 13.9 Å². The number of rotatable bonds is 3. The summed E-state index contributed by atoms with van der Waals surface area (Å²) >= 11 is 0. The van der Waals surface area contributed by atoms with Crippen LogP contribution in [-0.2, 0) is 22.4 Å². The monoisotopic (exact) mass is 482 g/mol. The Morgan fingerprint density at radius 2 is 1.97 bits per heavy atom. The van der Waals surface area contributed by atoms with Crippen molar-refractivity contribution in [2.24, 2.45) is 0 Å². The number of carbonyl (C=O) groups is 2. The van der Waals surface area contributed by atoms with Crippen molar-refractivity contribution >= 4 is 12.0 Å². The molecule has 0 bridgehead atoms. The lowest BCUT2D eigenvalue weighted by Gasteiger charge is -2.38. The average Bonchev–Trinajstić information content (AvgIpc) is 3.59. The molecule has 0 saturated heterocycles. The van der Waals surface area contributed by atoms with Crippen molar-refractivity contribution < 1.29 is 23.8 Å². The average molecular weight is 483 g/mol. The summed E-state index contributed by atoms with van der Waals surface area (Å²) in [6, 6.07) is 2.98. The molecule has 1 N–H and O–H groups in total. The van der Waals surface area contributed by atoms with E-state index >= 15 is 4.39 Å². The summed E-state index contributed by atoms with van der Waals surface area (Å²) in [5.74, 6) is -1.04. The van der Waals surface area contributed by atoms with E-state index in [9.17, 15) is 14.7 Å². The standard InChI is InChI=1S/C26H31FN4O4/c1-5-21(32)29-12-10-17-22-18(11-13-30(20(22)14-29)25(34)35-26(2,3)4)31(28-17)19-9-8-16(15-6-7-15)23(27)24(19)33/h5,8-9,15,20,33H,1,6-7,10-14H2,2-4H3. The number of amides is 2. The van der Waals surface area contributed by atoms with E-state index in [0.29, 0.717) is 37.2 Å². The number of aromatic hydroxyl groups is 1. The van der Waals surface area contributed by atoms with Crippen LogP contribution < -0.4 is 0 Å². The summed E-state index contributed by atoms with van der Waals surface area (Å²) in [5, 5.41) is 15.5. The van der Waals surface area contributed by atoms with E-state index in [1.807, 2.05) is 20.8 Å². The summed E-state index contributed by atoms with van der Waals surface area (Å²) in [6.45, 7) is 10.1. The van der Waals surface area contributed by atoms with Crippen LogP contribution in [0.25, 0.3) is 5.69 Å². The van der Waals surface area contributed by atoms with Crippen LogP contribution in [0.2, 0.25) is 0 Å². The maximum atomic E-state index is 15.0. The second-order valence-electron chi connectivity index (χ2n) is 10.5. The normalized spacial score (nSPS) is 19.7. The van der Waals surface area contributed by atoms with Crippen molar-refractivity contribution in [3.05, 3.63) is 53.1 Å². The molecule has 0 radical (unpaired) electrons. The van der Waals surface area contributed by atoms with Crippen LogP contribution in [0.1, 0.15) is 68.1 Å². The molecule has 8 nitrogen and oxygen atoms in total. The molecule has 9 heteroatoms. The number of hydrogen-bond donors (Lipinski definition) is 1. The van der Waals surface area contributed by atoms with Gasteiger partial charge in [0.15, 0.2) is 11.6 Å². The van der Waals surface area contributed by atoms with Gasteiger partial charge in [0.1, 0.15) is 11.3 Å². The number of hydrogen-bond acceptors (Lipinski definition) is 5. The number of ether oxygens (including phenoxy) is 1. The third-order valence-corrected chi connectivity index (χ3v) is 6.89. The molecule has 1 saturated carbocycles. The highest BCUT2D eigenvalue weighted by Crippen LogP contribution is 2.45. The van der Waals surface area contributed by atoms with E-state index in [1.54, 1.807) is 26.6 Å². The van der Waals surface area contributed by atoms with Crippen molar-refractivity contribution in [3.8, 4) is 11.4 Å². The topological polar surface area (TPSA) is 87.9 Å². The molecule has 1 aromatic heterocycles. The molecule has 2 aromatic rings. The molecule has 2 amide bonds. The van der Waals surface area contributed by atoms with E-state index in [4.69, 9.17) is 9.84 Å². The van der Waals surface area contributed by atoms with Crippen LogP contribution in [0, 0.1) is 5.82 Å². The Balaban J connectivity index is 1.58. The Labute approximate surface area is 204 Å². The lowest BCUT2D eigenvalue weighted by atomic mass is 9.96. The molecule has 1 atom stereocenters. The number of benzene rings is 1. The lowest BCUT2D eigenvalue weighted by molar-refractivity contribution is -0.126. The predicted octanol–water partition coefficient (Wildman–Crippen LogP) is 4.00. The first kappa shape index (κ1) is 23.4. The van der Waals surface area contributed by atoms with Crippen molar-refractivity contribution in [2.45, 2.75) is 64.0 Å². The maximum absolute atomic E-state index is 15.0. The Bertz CT molecular complexity index is 1210. The number of aromatic nitrogens is 2. The first-order valence-corrected chi connectivity index (χ1v) is 12.1. The molecule has 3 heterocycles. The summed E-state index contributed by atoms with van der Waals surface area (Å²) < 4.78 is 22.3. The summed E-state index contributed by atoms with van der Waals surface area (Å²) in [7, 11) is 0. The van der Waals surface area contributed by atoms with Crippen LogP contribution in [0.3, 0.4) is 0 Å². The molecule has 1 aromatic carbocycles. The van der Waals surface area contributed by atoms with Crippen molar-refractivity contribution in [3.63, 3.8) is 0 Å². The van der Waals surface area contributed by atoms with Crippen molar-refractivity contribution in [1.82, 2.24) is 19.6 Å². The fourth-order valence-electron chi connectivity index (χ4n) is 5.11. The summed E-state index contributed by atoms with van der Waals surface area (Å²) in [4.78, 5) is 28.9.